The first-order chi connectivity index (χ1) is 13.2. The minimum absolute atomic E-state index is 0.0738. The van der Waals surface area contributed by atoms with Gasteiger partial charge in [0.2, 0.25) is 11.1 Å². The Morgan fingerprint density at radius 3 is 2.67 bits per heavy atom. The number of thioether (sulfide) groups is 1. The summed E-state index contributed by atoms with van der Waals surface area (Å²) in [5.41, 5.74) is 2.26. The van der Waals surface area contributed by atoms with E-state index in [0.29, 0.717) is 24.1 Å². The number of aryl methyl sites for hydroxylation is 1. The number of amides is 1. The molecule has 1 heterocycles. The molecule has 1 aromatic heterocycles. The van der Waals surface area contributed by atoms with E-state index in [0.717, 1.165) is 17.7 Å². The van der Waals surface area contributed by atoms with E-state index in [-0.39, 0.29) is 11.7 Å². The van der Waals surface area contributed by atoms with Crippen molar-refractivity contribution in [3.63, 3.8) is 0 Å². The van der Waals surface area contributed by atoms with Crippen LogP contribution in [0.4, 0.5) is 0 Å². The number of aromatic nitrogens is 3. The Labute approximate surface area is 162 Å². The molecule has 0 aliphatic rings. The van der Waals surface area contributed by atoms with Crippen LogP contribution in [0.3, 0.4) is 0 Å². The molecule has 1 amide bonds. The van der Waals surface area contributed by atoms with Gasteiger partial charge in [-0.15, -0.1) is 5.10 Å². The molecular formula is C20H22N4O2S. The fourth-order valence-electron chi connectivity index (χ4n) is 2.40. The summed E-state index contributed by atoms with van der Waals surface area (Å²) in [5, 5.41) is 10.5. The van der Waals surface area contributed by atoms with Gasteiger partial charge in [-0.3, -0.25) is 9.89 Å². The van der Waals surface area contributed by atoms with Crippen LogP contribution in [-0.4, -0.2) is 40.0 Å². The van der Waals surface area contributed by atoms with Crippen LogP contribution in [0.1, 0.15) is 12.5 Å². The Balaban J connectivity index is 1.39. The second-order valence-corrected chi connectivity index (χ2v) is 6.76. The highest BCUT2D eigenvalue weighted by atomic mass is 32.2. The smallest absolute Gasteiger partial charge is 0.230 e. The number of ether oxygens (including phenoxy) is 1. The Bertz CT molecular complexity index is 850. The molecular weight excluding hydrogens is 360 g/mol. The largest absolute Gasteiger partial charge is 0.492 e. The molecule has 3 aromatic rings. The first-order valence-corrected chi connectivity index (χ1v) is 9.82. The van der Waals surface area contributed by atoms with Crippen LogP contribution in [0.25, 0.3) is 11.4 Å². The molecule has 0 aliphatic carbocycles. The number of H-pyrrole nitrogens is 1. The van der Waals surface area contributed by atoms with Crippen LogP contribution >= 0.6 is 11.8 Å². The quantitative estimate of drug-likeness (QED) is 0.438. The lowest BCUT2D eigenvalue weighted by molar-refractivity contribution is -0.118. The number of carbonyl (C=O) groups is 1. The van der Waals surface area contributed by atoms with E-state index in [2.05, 4.69) is 39.6 Å². The van der Waals surface area contributed by atoms with E-state index >= 15 is 0 Å². The van der Waals surface area contributed by atoms with Crippen molar-refractivity contribution >= 4 is 17.7 Å². The highest BCUT2D eigenvalue weighted by Gasteiger charge is 2.09. The maximum absolute atomic E-state index is 11.9. The van der Waals surface area contributed by atoms with E-state index < -0.39 is 0 Å². The fourth-order valence-corrected chi connectivity index (χ4v) is 3.02. The number of para-hydroxylation sites is 1. The third-order valence-electron chi connectivity index (χ3n) is 3.87. The lowest BCUT2D eigenvalue weighted by atomic mass is 10.1. The van der Waals surface area contributed by atoms with Gasteiger partial charge in [-0.05, 0) is 24.1 Å². The van der Waals surface area contributed by atoms with Crippen molar-refractivity contribution in [1.29, 1.82) is 0 Å². The van der Waals surface area contributed by atoms with Gasteiger partial charge in [0, 0.05) is 5.56 Å². The van der Waals surface area contributed by atoms with Crippen molar-refractivity contribution in [2.45, 2.75) is 18.5 Å². The zero-order valence-electron chi connectivity index (χ0n) is 15.1. The maximum atomic E-state index is 11.9. The summed E-state index contributed by atoms with van der Waals surface area (Å²) >= 11 is 1.30. The zero-order chi connectivity index (χ0) is 18.9. The highest BCUT2D eigenvalue weighted by Crippen LogP contribution is 2.19. The Kier molecular flexibility index (Phi) is 6.87. The normalized spacial score (nSPS) is 10.6. The Morgan fingerprint density at radius 1 is 1.15 bits per heavy atom. The average molecular weight is 382 g/mol. The van der Waals surface area contributed by atoms with Crippen LogP contribution in [0.15, 0.2) is 59.8 Å². The van der Waals surface area contributed by atoms with Gasteiger partial charge in [0.25, 0.3) is 0 Å². The Hall–Kier alpha value is -2.80. The van der Waals surface area contributed by atoms with E-state index in [1.165, 1.54) is 17.3 Å². The van der Waals surface area contributed by atoms with Crippen molar-refractivity contribution in [3.8, 4) is 17.1 Å². The number of hydrogen-bond donors (Lipinski definition) is 2. The third-order valence-corrected chi connectivity index (χ3v) is 4.72. The molecule has 0 fully saturated rings. The molecule has 0 unspecified atom stereocenters. The van der Waals surface area contributed by atoms with Gasteiger partial charge in [0.15, 0.2) is 5.82 Å². The minimum atomic E-state index is -0.0738. The van der Waals surface area contributed by atoms with Crippen molar-refractivity contribution in [2.24, 2.45) is 0 Å². The van der Waals surface area contributed by atoms with Crippen LogP contribution in [0.5, 0.6) is 5.75 Å². The van der Waals surface area contributed by atoms with Crippen molar-refractivity contribution in [3.05, 3.63) is 60.2 Å². The minimum Gasteiger partial charge on any atom is -0.492 e. The molecule has 0 saturated heterocycles. The number of aromatic amines is 1. The first-order valence-electron chi connectivity index (χ1n) is 8.83. The van der Waals surface area contributed by atoms with Gasteiger partial charge in [-0.25, -0.2) is 4.98 Å². The summed E-state index contributed by atoms with van der Waals surface area (Å²) in [4.78, 5) is 16.4. The van der Waals surface area contributed by atoms with E-state index in [4.69, 9.17) is 4.74 Å². The molecule has 6 nitrogen and oxygen atoms in total. The number of benzene rings is 2. The second kappa shape index (κ2) is 9.78. The Morgan fingerprint density at radius 2 is 1.93 bits per heavy atom. The fraction of sp³-hybridized carbons (Fsp3) is 0.250. The van der Waals surface area contributed by atoms with Crippen molar-refractivity contribution in [2.75, 3.05) is 18.9 Å². The molecule has 3 rings (SSSR count). The van der Waals surface area contributed by atoms with Crippen LogP contribution in [-0.2, 0) is 11.2 Å². The number of hydrogen-bond acceptors (Lipinski definition) is 5. The van der Waals surface area contributed by atoms with Crippen LogP contribution in [0.2, 0.25) is 0 Å². The summed E-state index contributed by atoms with van der Waals surface area (Å²) in [6.45, 7) is 3.01. The van der Waals surface area contributed by atoms with E-state index in [1.807, 2.05) is 42.5 Å². The first kappa shape index (κ1) is 19.0. The van der Waals surface area contributed by atoms with Gasteiger partial charge < -0.3 is 10.1 Å². The van der Waals surface area contributed by atoms with Gasteiger partial charge in [-0.2, -0.15) is 0 Å². The lowest BCUT2D eigenvalue weighted by Crippen LogP contribution is -2.29. The summed E-state index contributed by atoms with van der Waals surface area (Å²) in [6.07, 6.45) is 1.00. The maximum Gasteiger partial charge on any atom is 0.230 e. The molecule has 0 radical (unpaired) electrons. The molecule has 27 heavy (non-hydrogen) atoms. The van der Waals surface area contributed by atoms with E-state index in [1.54, 1.807) is 0 Å². The molecule has 2 N–H and O–H groups in total. The molecule has 0 aliphatic heterocycles. The molecule has 0 atom stereocenters. The summed E-state index contributed by atoms with van der Waals surface area (Å²) in [5.74, 6) is 1.69. The third kappa shape index (κ3) is 5.86. The second-order valence-electron chi connectivity index (χ2n) is 5.82. The summed E-state index contributed by atoms with van der Waals surface area (Å²) in [7, 11) is 0. The number of carbonyl (C=O) groups excluding carboxylic acids is 1. The molecule has 0 saturated carbocycles. The lowest BCUT2D eigenvalue weighted by Gasteiger charge is -2.06. The number of nitrogens with zero attached hydrogens (tertiary/aromatic N) is 2. The highest BCUT2D eigenvalue weighted by molar-refractivity contribution is 7.99. The monoisotopic (exact) mass is 382 g/mol. The van der Waals surface area contributed by atoms with Crippen LogP contribution in [0, 0.1) is 0 Å². The molecule has 0 spiro atoms. The van der Waals surface area contributed by atoms with Gasteiger partial charge >= 0.3 is 0 Å². The van der Waals surface area contributed by atoms with Gasteiger partial charge in [0.1, 0.15) is 12.4 Å². The molecule has 2 aromatic carbocycles. The predicted molar refractivity (Wildman–Crippen MR) is 107 cm³/mol. The summed E-state index contributed by atoms with van der Waals surface area (Å²) in [6, 6.07) is 17.7. The summed E-state index contributed by atoms with van der Waals surface area (Å²) < 4.78 is 5.54. The SMILES string of the molecule is CCc1ccc(-c2nc(SCC(=O)NCCOc3ccccc3)n[nH]2)cc1. The average Bonchev–Trinajstić information content (AvgIpc) is 3.19. The number of nitrogens with one attached hydrogen (secondary N) is 2. The van der Waals surface area contributed by atoms with Crippen LogP contribution < -0.4 is 10.1 Å². The molecule has 140 valence electrons. The number of rotatable bonds is 9. The topological polar surface area (TPSA) is 79.9 Å². The van der Waals surface area contributed by atoms with Gasteiger partial charge in [-0.1, -0.05) is 61.2 Å². The predicted octanol–water partition coefficient (Wildman–Crippen LogP) is 3.32. The molecule has 0 bridgehead atoms. The zero-order valence-corrected chi connectivity index (χ0v) is 16.0. The van der Waals surface area contributed by atoms with Crippen molar-refractivity contribution < 1.29 is 9.53 Å². The van der Waals surface area contributed by atoms with Gasteiger partial charge in [0.05, 0.1) is 12.3 Å². The molecule has 7 heteroatoms. The standard InChI is InChI=1S/C20H22N4O2S/c1-2-15-8-10-16(11-9-15)19-22-20(24-23-19)27-14-18(25)21-12-13-26-17-6-4-3-5-7-17/h3-11H,2,12-14H2,1H3,(H,21,25)(H,22,23,24). The van der Waals surface area contributed by atoms with E-state index in [9.17, 15) is 4.79 Å². The van der Waals surface area contributed by atoms with Crippen molar-refractivity contribution in [1.82, 2.24) is 20.5 Å².